The van der Waals surface area contributed by atoms with Gasteiger partial charge in [-0.25, -0.2) is 4.79 Å². The fourth-order valence-electron chi connectivity index (χ4n) is 1.71. The first kappa shape index (κ1) is 11.7. The number of carbonyl (C=O) groups excluding carboxylic acids is 1. The van der Waals surface area contributed by atoms with Crippen molar-refractivity contribution in [3.63, 3.8) is 0 Å². The number of hydrogen-bond donors (Lipinski definition) is 2. The molecule has 1 aromatic heterocycles. The minimum Gasteiger partial charge on any atom is -0.479 e. The molecule has 2 heterocycles. The Balaban J connectivity index is 1.79. The van der Waals surface area contributed by atoms with Crippen molar-refractivity contribution in [1.82, 2.24) is 5.32 Å². The number of carbonyl (C=O) groups is 2. The molecule has 0 aromatic carbocycles. The van der Waals surface area contributed by atoms with Gasteiger partial charge in [0.05, 0.1) is 12.5 Å². The summed E-state index contributed by atoms with van der Waals surface area (Å²) in [5.74, 6) is -1.30. The van der Waals surface area contributed by atoms with E-state index in [1.807, 2.05) is 0 Å². The highest BCUT2D eigenvalue weighted by molar-refractivity contribution is 5.82. The lowest BCUT2D eigenvalue weighted by Gasteiger charge is -2.10. The molecule has 2 N–H and O–H groups in total. The van der Waals surface area contributed by atoms with E-state index in [9.17, 15) is 9.59 Å². The Morgan fingerprint density at radius 2 is 2.18 bits per heavy atom. The van der Waals surface area contributed by atoms with Crippen LogP contribution in [0.25, 0.3) is 0 Å². The summed E-state index contributed by atoms with van der Waals surface area (Å²) in [6.45, 7) is 0.354. The summed E-state index contributed by atoms with van der Waals surface area (Å²) < 4.78 is 9.98. The Morgan fingerprint density at radius 1 is 1.41 bits per heavy atom. The lowest BCUT2D eigenvalue weighted by molar-refractivity contribution is -0.151. The van der Waals surface area contributed by atoms with Gasteiger partial charge in [0.2, 0.25) is 5.91 Å². The van der Waals surface area contributed by atoms with Gasteiger partial charge in [-0.3, -0.25) is 4.79 Å². The smallest absolute Gasteiger partial charge is 0.332 e. The maximum absolute atomic E-state index is 11.6. The van der Waals surface area contributed by atoms with Gasteiger partial charge < -0.3 is 19.6 Å². The van der Waals surface area contributed by atoms with E-state index in [0.717, 1.165) is 5.56 Å². The first-order chi connectivity index (χ1) is 8.16. The number of rotatable bonds is 4. The maximum atomic E-state index is 11.6. The number of aliphatic carboxylic acids is 1. The van der Waals surface area contributed by atoms with Crippen LogP contribution < -0.4 is 5.32 Å². The van der Waals surface area contributed by atoms with Gasteiger partial charge in [0.15, 0.2) is 6.10 Å². The summed E-state index contributed by atoms with van der Waals surface area (Å²) in [6.07, 6.45) is 2.35. The van der Waals surface area contributed by atoms with Gasteiger partial charge in [-0.1, -0.05) is 0 Å². The third-order valence-corrected chi connectivity index (χ3v) is 2.63. The molecule has 6 nitrogen and oxygen atoms in total. The third kappa shape index (κ3) is 2.85. The zero-order valence-electron chi connectivity index (χ0n) is 9.09. The molecule has 0 radical (unpaired) electrons. The molecule has 1 aliphatic heterocycles. The van der Waals surface area contributed by atoms with Crippen molar-refractivity contribution in [1.29, 1.82) is 0 Å². The van der Waals surface area contributed by atoms with Crippen molar-refractivity contribution < 1.29 is 23.8 Å². The monoisotopic (exact) mass is 239 g/mol. The zero-order chi connectivity index (χ0) is 12.3. The minimum atomic E-state index is -1.02. The number of nitrogens with one attached hydrogen (secondary N) is 1. The molecule has 92 valence electrons. The Kier molecular flexibility index (Phi) is 3.43. The van der Waals surface area contributed by atoms with E-state index in [2.05, 4.69) is 5.32 Å². The Morgan fingerprint density at radius 3 is 2.76 bits per heavy atom. The van der Waals surface area contributed by atoms with Gasteiger partial charge in [0.1, 0.15) is 6.10 Å². The molecule has 0 bridgehead atoms. The van der Waals surface area contributed by atoms with E-state index in [0.29, 0.717) is 19.4 Å². The van der Waals surface area contributed by atoms with E-state index in [1.54, 1.807) is 6.07 Å². The van der Waals surface area contributed by atoms with Crippen molar-refractivity contribution in [3.8, 4) is 0 Å². The van der Waals surface area contributed by atoms with Crippen LogP contribution in [0.5, 0.6) is 0 Å². The van der Waals surface area contributed by atoms with Gasteiger partial charge in [-0.05, 0) is 18.9 Å². The Labute approximate surface area is 97.6 Å². The molecule has 2 rings (SSSR count). The van der Waals surface area contributed by atoms with Crippen LogP contribution in [0.2, 0.25) is 0 Å². The number of furan rings is 1. The molecule has 2 unspecified atom stereocenters. The number of carboxylic acids is 1. The second-order valence-corrected chi connectivity index (χ2v) is 3.88. The zero-order valence-corrected chi connectivity index (χ0v) is 9.09. The average Bonchev–Trinajstić information content (AvgIpc) is 2.96. The fraction of sp³-hybridized carbons (Fsp3) is 0.455. The molecule has 1 amide bonds. The van der Waals surface area contributed by atoms with Crippen LogP contribution in [-0.2, 0) is 20.9 Å². The van der Waals surface area contributed by atoms with Crippen LogP contribution in [-0.4, -0.2) is 29.2 Å². The van der Waals surface area contributed by atoms with E-state index in [1.165, 1.54) is 12.5 Å². The molecule has 1 aliphatic rings. The van der Waals surface area contributed by atoms with Crippen LogP contribution in [0.1, 0.15) is 18.4 Å². The standard InChI is InChI=1S/C11H13NO5/c13-10(12-5-7-3-4-16-6-7)8-1-2-9(17-8)11(14)15/h3-4,6,8-9H,1-2,5H2,(H,12,13)(H,14,15). The highest BCUT2D eigenvalue weighted by Gasteiger charge is 2.34. The van der Waals surface area contributed by atoms with E-state index >= 15 is 0 Å². The van der Waals surface area contributed by atoms with Gasteiger partial charge in [-0.2, -0.15) is 0 Å². The molecular formula is C11H13NO5. The van der Waals surface area contributed by atoms with Gasteiger partial charge in [-0.15, -0.1) is 0 Å². The lowest BCUT2D eigenvalue weighted by atomic mass is 10.2. The molecule has 0 aliphatic carbocycles. The summed E-state index contributed by atoms with van der Waals surface area (Å²) in [4.78, 5) is 22.3. The van der Waals surface area contributed by atoms with Gasteiger partial charge >= 0.3 is 5.97 Å². The number of ether oxygens (including phenoxy) is 1. The second kappa shape index (κ2) is 5.01. The fourth-order valence-corrected chi connectivity index (χ4v) is 1.71. The molecular weight excluding hydrogens is 226 g/mol. The van der Waals surface area contributed by atoms with E-state index in [-0.39, 0.29) is 5.91 Å². The first-order valence-corrected chi connectivity index (χ1v) is 5.34. The number of hydrogen-bond acceptors (Lipinski definition) is 4. The highest BCUT2D eigenvalue weighted by atomic mass is 16.5. The summed E-state index contributed by atoms with van der Waals surface area (Å²) in [5.41, 5.74) is 0.853. The Bertz CT molecular complexity index is 400. The molecule has 6 heteroatoms. The first-order valence-electron chi connectivity index (χ1n) is 5.34. The largest absolute Gasteiger partial charge is 0.479 e. The van der Waals surface area contributed by atoms with Gasteiger partial charge in [0.25, 0.3) is 0 Å². The summed E-state index contributed by atoms with van der Waals surface area (Å²) in [7, 11) is 0. The van der Waals surface area contributed by atoms with Crippen molar-refractivity contribution in [3.05, 3.63) is 24.2 Å². The van der Waals surface area contributed by atoms with Crippen LogP contribution in [0.3, 0.4) is 0 Å². The van der Waals surface area contributed by atoms with Crippen molar-refractivity contribution >= 4 is 11.9 Å². The van der Waals surface area contributed by atoms with Gasteiger partial charge in [0, 0.05) is 12.1 Å². The normalized spacial score (nSPS) is 23.5. The van der Waals surface area contributed by atoms with Crippen LogP contribution in [0, 0.1) is 0 Å². The minimum absolute atomic E-state index is 0.282. The average molecular weight is 239 g/mol. The highest BCUT2D eigenvalue weighted by Crippen LogP contribution is 2.20. The third-order valence-electron chi connectivity index (χ3n) is 2.63. The van der Waals surface area contributed by atoms with Crippen molar-refractivity contribution in [2.45, 2.75) is 31.6 Å². The molecule has 0 saturated carbocycles. The van der Waals surface area contributed by atoms with E-state index in [4.69, 9.17) is 14.3 Å². The molecule has 0 spiro atoms. The SMILES string of the molecule is O=C(O)C1CCC(C(=O)NCc2ccoc2)O1. The molecule has 1 saturated heterocycles. The molecule has 2 atom stereocenters. The summed E-state index contributed by atoms with van der Waals surface area (Å²) in [5, 5.41) is 11.4. The number of carboxylic acid groups (broad SMARTS) is 1. The van der Waals surface area contributed by atoms with Crippen LogP contribution in [0.15, 0.2) is 23.0 Å². The topological polar surface area (TPSA) is 88.8 Å². The quantitative estimate of drug-likeness (QED) is 0.800. The Hall–Kier alpha value is -1.82. The summed E-state index contributed by atoms with van der Waals surface area (Å²) >= 11 is 0. The maximum Gasteiger partial charge on any atom is 0.332 e. The van der Waals surface area contributed by atoms with Crippen LogP contribution >= 0.6 is 0 Å². The second-order valence-electron chi connectivity index (χ2n) is 3.88. The molecule has 17 heavy (non-hydrogen) atoms. The number of amides is 1. The van der Waals surface area contributed by atoms with Crippen molar-refractivity contribution in [2.24, 2.45) is 0 Å². The lowest BCUT2D eigenvalue weighted by Crippen LogP contribution is -2.35. The summed E-state index contributed by atoms with van der Waals surface area (Å²) in [6, 6.07) is 1.75. The predicted molar refractivity (Wildman–Crippen MR) is 56.1 cm³/mol. The molecule has 1 aromatic rings. The van der Waals surface area contributed by atoms with E-state index < -0.39 is 18.2 Å². The molecule has 1 fully saturated rings. The van der Waals surface area contributed by atoms with Crippen molar-refractivity contribution in [2.75, 3.05) is 0 Å². The van der Waals surface area contributed by atoms with Crippen LogP contribution in [0.4, 0.5) is 0 Å². The predicted octanol–water partition coefficient (Wildman–Crippen LogP) is 0.528.